The van der Waals surface area contributed by atoms with Gasteiger partial charge < -0.3 is 0 Å². The standard InChI is InChI=1S/C9H8Cl2FNOS/c1-7(14)13-15(9(10,11)12)8-5-3-2-4-6-8/h2-6H,1H3. The number of rotatable bonds is 2. The van der Waals surface area contributed by atoms with E-state index in [0.717, 1.165) is 0 Å². The summed E-state index contributed by atoms with van der Waals surface area (Å²) in [7, 11) is -1.50. The van der Waals surface area contributed by atoms with Crippen LogP contribution in [0.1, 0.15) is 6.92 Å². The van der Waals surface area contributed by atoms with Crippen molar-refractivity contribution in [2.75, 3.05) is 0 Å². The molecule has 1 aromatic carbocycles. The van der Waals surface area contributed by atoms with Crippen molar-refractivity contribution in [2.24, 2.45) is 4.36 Å². The summed E-state index contributed by atoms with van der Waals surface area (Å²) in [4.78, 5) is 11.3. The lowest BCUT2D eigenvalue weighted by Crippen LogP contribution is -2.14. The maximum atomic E-state index is 13.4. The fourth-order valence-electron chi connectivity index (χ4n) is 0.916. The van der Waals surface area contributed by atoms with E-state index < -0.39 is 20.5 Å². The molecule has 1 aromatic rings. The number of carbonyl (C=O) groups excluding carboxylic acids is 1. The summed E-state index contributed by atoms with van der Waals surface area (Å²) in [5.74, 6) is -0.509. The zero-order valence-electron chi connectivity index (χ0n) is 7.78. The van der Waals surface area contributed by atoms with E-state index in [1.165, 1.54) is 6.92 Å². The molecule has 0 aliphatic carbocycles. The topological polar surface area (TPSA) is 29.4 Å². The van der Waals surface area contributed by atoms with Crippen molar-refractivity contribution in [1.29, 1.82) is 0 Å². The molecule has 0 saturated heterocycles. The molecule has 2 nitrogen and oxygen atoms in total. The maximum Gasteiger partial charge on any atom is 0.319 e. The molecular formula is C9H8Cl2FNOS. The van der Waals surface area contributed by atoms with Gasteiger partial charge in [0.25, 0.3) is 0 Å². The third-order valence-corrected chi connectivity index (χ3v) is 3.88. The van der Waals surface area contributed by atoms with Gasteiger partial charge in [0.2, 0.25) is 5.91 Å². The van der Waals surface area contributed by atoms with Crippen molar-refractivity contribution in [2.45, 2.75) is 15.7 Å². The molecule has 0 N–H and O–H groups in total. The largest absolute Gasteiger partial charge is 0.319 e. The highest BCUT2D eigenvalue weighted by molar-refractivity contribution is 7.91. The lowest BCUT2D eigenvalue weighted by atomic mass is 10.4. The van der Waals surface area contributed by atoms with Crippen LogP contribution in [0.4, 0.5) is 4.39 Å². The molecule has 1 atom stereocenters. The number of alkyl halides is 3. The summed E-state index contributed by atoms with van der Waals surface area (Å²) in [6, 6.07) is 8.40. The first-order valence-corrected chi connectivity index (χ1v) is 5.93. The number of hydrogen-bond acceptors (Lipinski definition) is 1. The quantitative estimate of drug-likeness (QED) is 0.755. The second-order valence-electron chi connectivity index (χ2n) is 2.65. The Morgan fingerprint density at radius 3 is 2.33 bits per heavy atom. The predicted octanol–water partition coefficient (Wildman–Crippen LogP) is 3.45. The minimum atomic E-state index is -2.56. The Labute approximate surface area is 99.5 Å². The Morgan fingerprint density at radius 2 is 1.93 bits per heavy atom. The molecule has 0 saturated carbocycles. The summed E-state index contributed by atoms with van der Waals surface area (Å²) in [6.45, 7) is 1.22. The Hall–Kier alpha value is -0.450. The number of amides is 1. The molecule has 6 heteroatoms. The summed E-state index contributed by atoms with van der Waals surface area (Å²) < 4.78 is 14.4. The minimum absolute atomic E-state index is 0.486. The maximum absolute atomic E-state index is 13.4. The number of halogens is 3. The molecule has 0 aliphatic heterocycles. The normalized spacial score (nSPS) is 13.9. The van der Waals surface area contributed by atoms with Gasteiger partial charge >= 0.3 is 3.92 Å². The van der Waals surface area contributed by atoms with Gasteiger partial charge in [-0.3, -0.25) is 4.79 Å². The van der Waals surface area contributed by atoms with Crippen LogP contribution in [-0.4, -0.2) is 9.83 Å². The number of nitrogens with zero attached hydrogens (tertiary/aromatic N) is 1. The lowest BCUT2D eigenvalue weighted by molar-refractivity contribution is -0.115. The lowest BCUT2D eigenvalue weighted by Gasteiger charge is -2.13. The first kappa shape index (κ1) is 12.6. The average Bonchev–Trinajstić information content (AvgIpc) is 2.14. The highest BCUT2D eigenvalue weighted by Gasteiger charge is 2.30. The molecule has 0 radical (unpaired) electrons. The molecule has 0 bridgehead atoms. The van der Waals surface area contributed by atoms with Crippen molar-refractivity contribution in [1.82, 2.24) is 0 Å². The molecule has 1 unspecified atom stereocenters. The van der Waals surface area contributed by atoms with Crippen LogP contribution in [0, 0.1) is 0 Å². The second kappa shape index (κ2) is 5.05. The highest BCUT2D eigenvalue weighted by Crippen LogP contribution is 2.33. The summed E-state index contributed by atoms with van der Waals surface area (Å²) >= 11 is 10.7. The van der Waals surface area contributed by atoms with Crippen LogP contribution in [0.25, 0.3) is 0 Å². The molecule has 0 heterocycles. The summed E-state index contributed by atoms with van der Waals surface area (Å²) in [6.07, 6.45) is 0. The monoisotopic (exact) mass is 267 g/mol. The number of hydrogen-bond donors (Lipinski definition) is 0. The zero-order valence-corrected chi connectivity index (χ0v) is 10.1. The first-order valence-electron chi connectivity index (χ1n) is 4.00. The average molecular weight is 268 g/mol. The van der Waals surface area contributed by atoms with E-state index in [-0.39, 0.29) is 0 Å². The smallest absolute Gasteiger partial charge is 0.272 e. The van der Waals surface area contributed by atoms with Crippen LogP contribution in [0.5, 0.6) is 0 Å². The molecule has 0 aliphatic rings. The molecule has 82 valence electrons. The van der Waals surface area contributed by atoms with Crippen LogP contribution in [-0.2, 0) is 15.5 Å². The van der Waals surface area contributed by atoms with Crippen LogP contribution < -0.4 is 0 Å². The van der Waals surface area contributed by atoms with Crippen molar-refractivity contribution in [3.63, 3.8) is 0 Å². The third kappa shape index (κ3) is 3.89. The fourth-order valence-corrected chi connectivity index (χ4v) is 2.81. The summed E-state index contributed by atoms with van der Waals surface area (Å²) in [5, 5.41) is 0. The van der Waals surface area contributed by atoms with Gasteiger partial charge in [0.1, 0.15) is 0 Å². The van der Waals surface area contributed by atoms with Gasteiger partial charge in [-0.05, 0) is 12.1 Å². The zero-order chi connectivity index (χ0) is 11.5. The van der Waals surface area contributed by atoms with E-state index in [0.29, 0.717) is 4.90 Å². The van der Waals surface area contributed by atoms with E-state index in [1.807, 2.05) is 0 Å². The SMILES string of the molecule is CC(=O)N=S(c1ccccc1)C(F)(Cl)Cl. The van der Waals surface area contributed by atoms with Crippen molar-refractivity contribution >= 4 is 39.8 Å². The van der Waals surface area contributed by atoms with E-state index in [4.69, 9.17) is 23.2 Å². The van der Waals surface area contributed by atoms with Gasteiger partial charge in [-0.1, -0.05) is 41.4 Å². The molecule has 0 spiro atoms. The van der Waals surface area contributed by atoms with E-state index in [1.54, 1.807) is 30.3 Å². The van der Waals surface area contributed by atoms with Crippen molar-refractivity contribution < 1.29 is 9.18 Å². The summed E-state index contributed by atoms with van der Waals surface area (Å²) in [5.41, 5.74) is 0. The van der Waals surface area contributed by atoms with Gasteiger partial charge in [-0.25, -0.2) is 0 Å². The number of carbonyl (C=O) groups is 1. The number of benzene rings is 1. The van der Waals surface area contributed by atoms with E-state index in [2.05, 4.69) is 4.36 Å². The third-order valence-electron chi connectivity index (χ3n) is 1.41. The van der Waals surface area contributed by atoms with Gasteiger partial charge in [0.05, 0.1) is 0 Å². The Kier molecular flexibility index (Phi) is 4.25. The molecule has 1 amide bonds. The van der Waals surface area contributed by atoms with Gasteiger partial charge in [-0.2, -0.15) is 8.75 Å². The molecule has 0 fully saturated rings. The van der Waals surface area contributed by atoms with Crippen molar-refractivity contribution in [3.05, 3.63) is 30.3 Å². The second-order valence-corrected chi connectivity index (χ2v) is 6.12. The molecule has 0 aromatic heterocycles. The van der Waals surface area contributed by atoms with E-state index >= 15 is 0 Å². The first-order chi connectivity index (χ1) is 6.91. The van der Waals surface area contributed by atoms with Gasteiger partial charge in [-0.15, -0.1) is 0 Å². The van der Waals surface area contributed by atoms with Crippen LogP contribution in [0.15, 0.2) is 39.6 Å². The Morgan fingerprint density at radius 1 is 1.40 bits per heavy atom. The molecular weight excluding hydrogens is 260 g/mol. The Bertz CT molecular complexity index is 389. The minimum Gasteiger partial charge on any atom is -0.272 e. The van der Waals surface area contributed by atoms with Crippen LogP contribution in [0.3, 0.4) is 0 Å². The van der Waals surface area contributed by atoms with E-state index in [9.17, 15) is 9.18 Å². The Balaban J connectivity index is 3.20. The molecule has 15 heavy (non-hydrogen) atoms. The predicted molar refractivity (Wildman–Crippen MR) is 60.7 cm³/mol. The fraction of sp³-hybridized carbons (Fsp3) is 0.222. The van der Waals surface area contributed by atoms with Gasteiger partial charge in [0, 0.05) is 22.5 Å². The van der Waals surface area contributed by atoms with Crippen molar-refractivity contribution in [3.8, 4) is 0 Å². The van der Waals surface area contributed by atoms with Crippen LogP contribution in [0.2, 0.25) is 0 Å². The highest BCUT2D eigenvalue weighted by atomic mass is 35.5. The van der Waals surface area contributed by atoms with Crippen LogP contribution >= 0.6 is 23.2 Å². The van der Waals surface area contributed by atoms with Gasteiger partial charge in [0.15, 0.2) is 0 Å². The molecule has 1 rings (SSSR count).